The van der Waals surface area contributed by atoms with E-state index in [1.54, 1.807) is 66.7 Å². The molecule has 0 aliphatic rings. The normalized spacial score (nSPS) is 12.8. The highest BCUT2D eigenvalue weighted by Gasteiger charge is 2.26. The Hall–Kier alpha value is -2.83. The third-order valence-electron chi connectivity index (χ3n) is 4.94. The Balaban J connectivity index is 2.19. The van der Waals surface area contributed by atoms with Crippen LogP contribution in [0.15, 0.2) is 77.7 Å². The lowest BCUT2D eigenvalue weighted by Gasteiger charge is -2.23. The summed E-state index contributed by atoms with van der Waals surface area (Å²) in [5, 5.41) is 19.4. The number of sulfonamides is 1. The van der Waals surface area contributed by atoms with Crippen molar-refractivity contribution in [3.05, 3.63) is 89.5 Å². The summed E-state index contributed by atoms with van der Waals surface area (Å²) >= 11 is 0. The van der Waals surface area contributed by atoms with Gasteiger partial charge >= 0.3 is 0 Å². The van der Waals surface area contributed by atoms with Crippen LogP contribution in [0.2, 0.25) is 0 Å². The van der Waals surface area contributed by atoms with Crippen molar-refractivity contribution in [3.63, 3.8) is 0 Å². The van der Waals surface area contributed by atoms with Crippen LogP contribution in [0.4, 0.5) is 0 Å². The van der Waals surface area contributed by atoms with Gasteiger partial charge in [0.2, 0.25) is 10.0 Å². The van der Waals surface area contributed by atoms with Crippen molar-refractivity contribution in [2.75, 3.05) is 0 Å². The Bertz CT molecular complexity index is 1020. The van der Waals surface area contributed by atoms with Gasteiger partial charge in [-0.3, -0.25) is 0 Å². The van der Waals surface area contributed by atoms with E-state index in [0.717, 1.165) is 11.1 Å². The van der Waals surface area contributed by atoms with Crippen LogP contribution in [0.5, 0.6) is 11.5 Å². The van der Waals surface area contributed by atoms with Gasteiger partial charge in [0.25, 0.3) is 0 Å². The highest BCUT2D eigenvalue weighted by molar-refractivity contribution is 7.89. The lowest BCUT2D eigenvalue weighted by molar-refractivity contribution is 0.475. The van der Waals surface area contributed by atoms with Crippen LogP contribution >= 0.6 is 0 Å². The van der Waals surface area contributed by atoms with E-state index in [0.29, 0.717) is 12.0 Å². The molecule has 0 fully saturated rings. The molecule has 29 heavy (non-hydrogen) atoms. The second-order valence-electron chi connectivity index (χ2n) is 7.08. The first-order chi connectivity index (χ1) is 13.8. The maximum Gasteiger partial charge on any atom is 0.241 e. The van der Waals surface area contributed by atoms with E-state index in [1.165, 1.54) is 0 Å². The molecule has 5 nitrogen and oxygen atoms in total. The SMILES string of the molecule is CCC(C)NS(=O)(=O)c1ccccc1C(c1ccc(O)cc1)c1ccc(O)cc1. The van der Waals surface area contributed by atoms with E-state index >= 15 is 0 Å². The van der Waals surface area contributed by atoms with Crippen LogP contribution in [0.1, 0.15) is 42.9 Å². The first-order valence-electron chi connectivity index (χ1n) is 9.51. The third-order valence-corrected chi connectivity index (χ3v) is 6.60. The lowest BCUT2D eigenvalue weighted by atomic mass is 9.85. The van der Waals surface area contributed by atoms with Crippen LogP contribution in [-0.2, 0) is 10.0 Å². The molecule has 0 heterocycles. The molecule has 0 bridgehead atoms. The Labute approximate surface area is 171 Å². The first kappa shape index (κ1) is 20.9. The van der Waals surface area contributed by atoms with Gasteiger partial charge in [0.1, 0.15) is 11.5 Å². The topological polar surface area (TPSA) is 86.6 Å². The van der Waals surface area contributed by atoms with Crippen molar-refractivity contribution >= 4 is 10.0 Å². The van der Waals surface area contributed by atoms with Gasteiger partial charge in [-0.25, -0.2) is 13.1 Å². The van der Waals surface area contributed by atoms with Crippen LogP contribution in [0.25, 0.3) is 0 Å². The molecular formula is C23H25NO4S. The summed E-state index contributed by atoms with van der Waals surface area (Å²) in [7, 11) is -3.73. The average Bonchev–Trinajstić information content (AvgIpc) is 2.71. The molecule has 3 rings (SSSR count). The number of phenolic OH excluding ortho intramolecular Hbond substituents is 2. The second kappa shape index (κ2) is 8.68. The Morgan fingerprint density at radius 3 is 1.79 bits per heavy atom. The van der Waals surface area contributed by atoms with Crippen molar-refractivity contribution in [2.24, 2.45) is 0 Å². The van der Waals surface area contributed by atoms with Gasteiger partial charge in [-0.2, -0.15) is 0 Å². The molecule has 3 aromatic carbocycles. The number of rotatable bonds is 7. The van der Waals surface area contributed by atoms with Crippen molar-refractivity contribution < 1.29 is 18.6 Å². The van der Waals surface area contributed by atoms with Crippen molar-refractivity contribution in [2.45, 2.75) is 37.1 Å². The summed E-state index contributed by atoms with van der Waals surface area (Å²) in [4.78, 5) is 0.214. The summed E-state index contributed by atoms with van der Waals surface area (Å²) in [6.45, 7) is 3.76. The lowest BCUT2D eigenvalue weighted by Crippen LogP contribution is -2.32. The van der Waals surface area contributed by atoms with E-state index in [2.05, 4.69) is 4.72 Å². The molecule has 0 radical (unpaired) electrons. The fourth-order valence-electron chi connectivity index (χ4n) is 3.26. The number of nitrogens with one attached hydrogen (secondary N) is 1. The predicted octanol–water partition coefficient (Wildman–Crippen LogP) is 4.35. The predicted molar refractivity (Wildman–Crippen MR) is 114 cm³/mol. The zero-order valence-corrected chi connectivity index (χ0v) is 17.2. The van der Waals surface area contributed by atoms with Gasteiger partial charge in [-0.15, -0.1) is 0 Å². The number of phenols is 2. The van der Waals surface area contributed by atoms with Crippen LogP contribution in [-0.4, -0.2) is 24.7 Å². The number of hydrogen-bond acceptors (Lipinski definition) is 4. The Morgan fingerprint density at radius 2 is 1.31 bits per heavy atom. The monoisotopic (exact) mass is 411 g/mol. The van der Waals surface area contributed by atoms with Crippen molar-refractivity contribution in [3.8, 4) is 11.5 Å². The maximum absolute atomic E-state index is 13.1. The van der Waals surface area contributed by atoms with Gasteiger partial charge in [-0.05, 0) is 60.4 Å². The number of hydrogen-bond donors (Lipinski definition) is 3. The molecular weight excluding hydrogens is 386 g/mol. The molecule has 152 valence electrons. The number of aromatic hydroxyl groups is 2. The van der Waals surface area contributed by atoms with Crippen LogP contribution in [0, 0.1) is 0 Å². The summed E-state index contributed by atoms with van der Waals surface area (Å²) in [5.41, 5.74) is 2.29. The minimum atomic E-state index is -3.73. The summed E-state index contributed by atoms with van der Waals surface area (Å²) < 4.78 is 28.9. The molecule has 0 aromatic heterocycles. The fraction of sp³-hybridized carbons (Fsp3) is 0.217. The van der Waals surface area contributed by atoms with Gasteiger partial charge in [0.05, 0.1) is 4.90 Å². The summed E-state index contributed by atoms with van der Waals surface area (Å²) in [6, 6.07) is 20.2. The zero-order chi connectivity index (χ0) is 21.0. The van der Waals surface area contributed by atoms with Gasteiger partial charge in [0, 0.05) is 12.0 Å². The zero-order valence-electron chi connectivity index (χ0n) is 16.4. The number of benzene rings is 3. The molecule has 3 N–H and O–H groups in total. The van der Waals surface area contributed by atoms with Crippen molar-refractivity contribution in [1.82, 2.24) is 4.72 Å². The first-order valence-corrected chi connectivity index (χ1v) is 11.0. The van der Waals surface area contributed by atoms with Gasteiger partial charge in [-0.1, -0.05) is 49.4 Å². The quantitative estimate of drug-likeness (QED) is 0.504. The Kier molecular flexibility index (Phi) is 6.25. The molecule has 0 spiro atoms. The van der Waals surface area contributed by atoms with E-state index in [1.807, 2.05) is 19.9 Å². The molecule has 0 saturated carbocycles. The minimum Gasteiger partial charge on any atom is -0.508 e. The standard InChI is InChI=1S/C23H25NO4S/c1-3-16(2)24-29(27,28)22-7-5-4-6-21(22)23(17-8-12-19(25)13-9-17)18-10-14-20(26)15-11-18/h4-16,23-26H,3H2,1-2H3. The average molecular weight is 412 g/mol. The molecule has 0 aliphatic carbocycles. The molecule has 1 atom stereocenters. The van der Waals surface area contributed by atoms with Gasteiger partial charge in [0.15, 0.2) is 0 Å². The second-order valence-corrected chi connectivity index (χ2v) is 8.77. The molecule has 1 unspecified atom stereocenters. The highest BCUT2D eigenvalue weighted by atomic mass is 32.2. The van der Waals surface area contributed by atoms with Crippen LogP contribution < -0.4 is 4.72 Å². The Morgan fingerprint density at radius 1 is 0.828 bits per heavy atom. The molecule has 0 amide bonds. The molecule has 0 saturated heterocycles. The van der Waals surface area contributed by atoms with Gasteiger partial charge < -0.3 is 10.2 Å². The van der Waals surface area contributed by atoms with Crippen LogP contribution in [0.3, 0.4) is 0 Å². The van der Waals surface area contributed by atoms with E-state index in [-0.39, 0.29) is 28.4 Å². The van der Waals surface area contributed by atoms with Crippen molar-refractivity contribution in [1.29, 1.82) is 0 Å². The smallest absolute Gasteiger partial charge is 0.241 e. The minimum absolute atomic E-state index is 0.137. The maximum atomic E-state index is 13.1. The summed E-state index contributed by atoms with van der Waals surface area (Å²) in [6.07, 6.45) is 0.681. The van der Waals surface area contributed by atoms with E-state index < -0.39 is 10.0 Å². The van der Waals surface area contributed by atoms with E-state index in [4.69, 9.17) is 0 Å². The largest absolute Gasteiger partial charge is 0.508 e. The highest BCUT2D eigenvalue weighted by Crippen LogP contribution is 2.36. The molecule has 3 aromatic rings. The third kappa shape index (κ3) is 4.78. The van der Waals surface area contributed by atoms with E-state index in [9.17, 15) is 18.6 Å². The summed E-state index contributed by atoms with van der Waals surface area (Å²) in [5.74, 6) is -0.115. The molecule has 6 heteroatoms. The fourth-order valence-corrected chi connectivity index (χ4v) is 4.84. The molecule has 0 aliphatic heterocycles.